The third-order valence-corrected chi connectivity index (χ3v) is 2.92. The van der Waals surface area contributed by atoms with Crippen LogP contribution in [0.25, 0.3) is 0 Å². The minimum absolute atomic E-state index is 0.0197. The van der Waals surface area contributed by atoms with E-state index < -0.39 is 30.2 Å². The van der Waals surface area contributed by atoms with Gasteiger partial charge in [-0.1, -0.05) is 0 Å². The first-order valence-corrected chi connectivity index (χ1v) is 5.50. The third-order valence-electron chi connectivity index (χ3n) is 2.61. The van der Waals surface area contributed by atoms with Crippen LogP contribution in [-0.4, -0.2) is 44.0 Å². The van der Waals surface area contributed by atoms with Crippen LogP contribution in [0, 0.1) is 0 Å². The zero-order chi connectivity index (χ0) is 12.6. The molecule has 0 aliphatic carbocycles. The fraction of sp³-hybridized carbons (Fsp3) is 0.556. The van der Waals surface area contributed by atoms with Crippen LogP contribution >= 0.6 is 11.6 Å². The molecule has 1 aromatic rings. The second-order valence-corrected chi connectivity index (χ2v) is 4.05. The fourth-order valence-electron chi connectivity index (χ4n) is 1.71. The number of aliphatic hydroxyl groups is 2. The summed E-state index contributed by atoms with van der Waals surface area (Å²) in [5.41, 5.74) is 4.69. The Labute approximate surface area is 101 Å². The van der Waals surface area contributed by atoms with Crippen LogP contribution in [0.5, 0.6) is 0 Å². The van der Waals surface area contributed by atoms with Crippen molar-refractivity contribution in [3.05, 3.63) is 22.7 Å². The van der Waals surface area contributed by atoms with Gasteiger partial charge >= 0.3 is 5.69 Å². The maximum absolute atomic E-state index is 11.5. The number of ether oxygens (including phenoxy) is 1. The monoisotopic (exact) mass is 261 g/mol. The maximum atomic E-state index is 11.5. The van der Waals surface area contributed by atoms with Crippen molar-refractivity contribution in [3.63, 3.8) is 0 Å². The van der Waals surface area contributed by atoms with E-state index in [2.05, 4.69) is 4.98 Å². The van der Waals surface area contributed by atoms with Gasteiger partial charge in [-0.25, -0.2) is 4.79 Å². The third kappa shape index (κ3) is 2.14. The SMILES string of the molecule is Nc1ccn([C@@H]2O[C@@H](CCl)[C@@H](O)[C@H]2O)c(=O)n1. The quantitative estimate of drug-likeness (QED) is 0.570. The van der Waals surface area contributed by atoms with Gasteiger partial charge in [0.1, 0.15) is 24.1 Å². The highest BCUT2D eigenvalue weighted by atomic mass is 35.5. The van der Waals surface area contributed by atoms with Crippen molar-refractivity contribution >= 4 is 17.4 Å². The highest BCUT2D eigenvalue weighted by Gasteiger charge is 2.43. The van der Waals surface area contributed by atoms with Gasteiger partial charge in [-0.3, -0.25) is 4.57 Å². The number of aliphatic hydroxyl groups excluding tert-OH is 2. The molecule has 0 radical (unpaired) electrons. The van der Waals surface area contributed by atoms with Gasteiger partial charge in [-0.15, -0.1) is 11.6 Å². The van der Waals surface area contributed by atoms with Crippen molar-refractivity contribution in [2.24, 2.45) is 0 Å². The molecule has 7 nitrogen and oxygen atoms in total. The average Bonchev–Trinajstić information content (AvgIpc) is 2.57. The summed E-state index contributed by atoms with van der Waals surface area (Å²) >= 11 is 5.57. The summed E-state index contributed by atoms with van der Waals surface area (Å²) in [6.45, 7) is 0. The van der Waals surface area contributed by atoms with E-state index in [9.17, 15) is 15.0 Å². The molecule has 1 fully saturated rings. The molecule has 17 heavy (non-hydrogen) atoms. The molecule has 1 aliphatic rings. The van der Waals surface area contributed by atoms with E-state index >= 15 is 0 Å². The average molecular weight is 262 g/mol. The lowest BCUT2D eigenvalue weighted by atomic mass is 10.1. The van der Waals surface area contributed by atoms with Gasteiger partial charge in [0.05, 0.1) is 5.88 Å². The molecule has 1 aliphatic heterocycles. The van der Waals surface area contributed by atoms with Crippen molar-refractivity contribution in [3.8, 4) is 0 Å². The van der Waals surface area contributed by atoms with E-state index in [1.165, 1.54) is 12.3 Å². The topological polar surface area (TPSA) is 111 Å². The molecule has 4 N–H and O–H groups in total. The lowest BCUT2D eigenvalue weighted by molar-refractivity contribution is -0.0342. The van der Waals surface area contributed by atoms with Crippen LogP contribution in [0.15, 0.2) is 17.1 Å². The molecule has 1 saturated heterocycles. The van der Waals surface area contributed by atoms with Gasteiger partial charge in [0.25, 0.3) is 0 Å². The first kappa shape index (κ1) is 12.3. The Bertz CT molecular complexity index is 466. The zero-order valence-electron chi connectivity index (χ0n) is 8.73. The predicted octanol–water partition coefficient (Wildman–Crippen LogP) is -1.32. The molecule has 1 aromatic heterocycles. The molecule has 0 spiro atoms. The number of alkyl halides is 1. The van der Waals surface area contributed by atoms with E-state index in [-0.39, 0.29) is 11.7 Å². The van der Waals surface area contributed by atoms with E-state index in [1.54, 1.807) is 0 Å². The van der Waals surface area contributed by atoms with Gasteiger partial charge in [-0.05, 0) is 6.07 Å². The van der Waals surface area contributed by atoms with Gasteiger partial charge in [-0.2, -0.15) is 4.98 Å². The van der Waals surface area contributed by atoms with Crippen molar-refractivity contribution in [1.82, 2.24) is 9.55 Å². The normalized spacial score (nSPS) is 32.9. The van der Waals surface area contributed by atoms with Crippen LogP contribution in [0.1, 0.15) is 6.23 Å². The first-order chi connectivity index (χ1) is 8.04. The van der Waals surface area contributed by atoms with E-state index in [1.807, 2.05) is 0 Å². The Morgan fingerprint density at radius 1 is 1.53 bits per heavy atom. The van der Waals surface area contributed by atoms with Crippen LogP contribution < -0.4 is 11.4 Å². The zero-order valence-corrected chi connectivity index (χ0v) is 9.49. The maximum Gasteiger partial charge on any atom is 0.351 e. The summed E-state index contributed by atoms with van der Waals surface area (Å²) in [6.07, 6.45) is -2.75. The van der Waals surface area contributed by atoms with Crippen LogP contribution in [0.4, 0.5) is 5.82 Å². The van der Waals surface area contributed by atoms with Gasteiger partial charge in [0, 0.05) is 6.20 Å². The molecule has 2 rings (SSSR count). The lowest BCUT2D eigenvalue weighted by Gasteiger charge is -2.16. The molecule has 0 amide bonds. The van der Waals surface area contributed by atoms with Crippen LogP contribution in [-0.2, 0) is 4.74 Å². The number of nitrogens with zero attached hydrogens (tertiary/aromatic N) is 2. The highest BCUT2D eigenvalue weighted by Crippen LogP contribution is 2.28. The van der Waals surface area contributed by atoms with Crippen LogP contribution in [0.3, 0.4) is 0 Å². The molecule has 0 unspecified atom stereocenters. The summed E-state index contributed by atoms with van der Waals surface area (Å²) in [7, 11) is 0. The second kappa shape index (κ2) is 4.61. The molecule has 0 saturated carbocycles. The number of nitrogens with two attached hydrogens (primary N) is 1. The molecule has 0 aromatic carbocycles. The number of anilines is 1. The molecule has 94 valence electrons. The Morgan fingerprint density at radius 2 is 2.24 bits per heavy atom. The van der Waals surface area contributed by atoms with Crippen molar-refractivity contribution in [1.29, 1.82) is 0 Å². The largest absolute Gasteiger partial charge is 0.387 e. The fourth-order valence-corrected chi connectivity index (χ4v) is 1.96. The number of aromatic nitrogens is 2. The number of hydrogen-bond donors (Lipinski definition) is 3. The van der Waals surface area contributed by atoms with Crippen LogP contribution in [0.2, 0.25) is 0 Å². The number of halogens is 1. The number of hydrogen-bond acceptors (Lipinski definition) is 6. The summed E-state index contributed by atoms with van der Waals surface area (Å²) in [5, 5.41) is 19.4. The Balaban J connectivity index is 2.32. The molecule has 8 heteroatoms. The predicted molar refractivity (Wildman–Crippen MR) is 59.6 cm³/mol. The second-order valence-electron chi connectivity index (χ2n) is 3.74. The van der Waals surface area contributed by atoms with E-state index in [0.717, 1.165) is 4.57 Å². The molecule has 2 heterocycles. The van der Waals surface area contributed by atoms with Gasteiger partial charge < -0.3 is 20.7 Å². The summed E-state index contributed by atoms with van der Waals surface area (Å²) in [4.78, 5) is 15.0. The van der Waals surface area contributed by atoms with Crippen molar-refractivity contribution < 1.29 is 14.9 Å². The van der Waals surface area contributed by atoms with Gasteiger partial charge in [0.2, 0.25) is 0 Å². The minimum Gasteiger partial charge on any atom is -0.387 e. The number of rotatable bonds is 2. The van der Waals surface area contributed by atoms with Gasteiger partial charge in [0.15, 0.2) is 6.23 Å². The Hall–Kier alpha value is -1.15. The minimum atomic E-state index is -1.23. The number of nitrogen functional groups attached to an aromatic ring is 1. The lowest BCUT2D eigenvalue weighted by Crippen LogP contribution is -2.35. The standard InChI is InChI=1S/C9H12ClN3O4/c10-3-4-6(14)7(15)8(17-4)13-2-1-5(11)12-9(13)16/h1-2,4,6-8,14-15H,3H2,(H2,11,12,16)/t4-,6+,7+,8+/m0/s1. The smallest absolute Gasteiger partial charge is 0.351 e. The van der Waals surface area contributed by atoms with Crippen molar-refractivity contribution in [2.45, 2.75) is 24.5 Å². The summed E-state index contributed by atoms with van der Waals surface area (Å²) in [6, 6.07) is 1.40. The molecule has 4 atom stereocenters. The first-order valence-electron chi connectivity index (χ1n) is 4.97. The summed E-state index contributed by atoms with van der Waals surface area (Å²) < 4.78 is 6.36. The molecular weight excluding hydrogens is 250 g/mol. The van der Waals surface area contributed by atoms with Crippen molar-refractivity contribution in [2.75, 3.05) is 11.6 Å². The van der Waals surface area contributed by atoms with E-state index in [4.69, 9.17) is 22.1 Å². The Kier molecular flexibility index (Phi) is 3.34. The molecule has 0 bridgehead atoms. The highest BCUT2D eigenvalue weighted by molar-refractivity contribution is 6.18. The molecular formula is C9H12ClN3O4. The Morgan fingerprint density at radius 3 is 2.76 bits per heavy atom. The summed E-state index contributed by atoms with van der Waals surface area (Å²) in [5.74, 6) is 0.0967. The van der Waals surface area contributed by atoms with E-state index in [0.29, 0.717) is 0 Å².